The van der Waals surface area contributed by atoms with Crippen molar-refractivity contribution in [3.8, 4) is 0 Å². The van der Waals surface area contributed by atoms with Crippen LogP contribution in [0.15, 0.2) is 30.6 Å². The molecule has 0 aliphatic carbocycles. The van der Waals surface area contributed by atoms with E-state index in [2.05, 4.69) is 41.3 Å². The van der Waals surface area contributed by atoms with Crippen LogP contribution in [0.2, 0.25) is 0 Å². The maximum Gasteiger partial charge on any atom is 0.138 e. The minimum Gasteiger partial charge on any atom is -0.327 e. The fraction of sp³-hybridized carbons (Fsp3) is 0.385. The molecule has 4 heteroatoms. The first-order chi connectivity index (χ1) is 8.15. The molecule has 0 saturated heterocycles. The van der Waals surface area contributed by atoms with Gasteiger partial charge in [-0.2, -0.15) is 5.10 Å². The summed E-state index contributed by atoms with van der Waals surface area (Å²) in [6, 6.07) is 8.54. The van der Waals surface area contributed by atoms with Crippen molar-refractivity contribution in [2.75, 3.05) is 0 Å². The molecule has 0 aliphatic rings. The number of hydrogen-bond donors (Lipinski definition) is 1. The van der Waals surface area contributed by atoms with Gasteiger partial charge < -0.3 is 5.73 Å². The lowest BCUT2D eigenvalue weighted by Crippen LogP contribution is -2.27. The summed E-state index contributed by atoms with van der Waals surface area (Å²) in [5.74, 6) is 0.935. The summed E-state index contributed by atoms with van der Waals surface area (Å²) in [6.45, 7) is 2.09. The molecule has 0 bridgehead atoms. The zero-order chi connectivity index (χ0) is 12.3. The van der Waals surface area contributed by atoms with Crippen LogP contribution in [0.5, 0.6) is 0 Å². The highest BCUT2D eigenvalue weighted by Gasteiger charge is 2.09. The van der Waals surface area contributed by atoms with Gasteiger partial charge in [-0.15, -0.1) is 0 Å². The van der Waals surface area contributed by atoms with Crippen LogP contribution in [0.3, 0.4) is 0 Å². The quantitative estimate of drug-likeness (QED) is 0.859. The molecular formula is C13H18N4. The second-order valence-electron chi connectivity index (χ2n) is 4.46. The SMILES string of the molecule is Cc1cccc(CC(N)Cc2ncnn2C)c1. The van der Waals surface area contributed by atoms with Gasteiger partial charge in [0.05, 0.1) is 0 Å². The fourth-order valence-corrected chi connectivity index (χ4v) is 1.95. The van der Waals surface area contributed by atoms with Gasteiger partial charge in [0, 0.05) is 19.5 Å². The molecule has 0 amide bonds. The zero-order valence-corrected chi connectivity index (χ0v) is 10.3. The standard InChI is InChI=1S/C13H18N4/c1-10-4-3-5-11(6-10)7-12(14)8-13-15-9-16-17(13)2/h3-6,9,12H,7-8,14H2,1-2H3. The third-order valence-electron chi connectivity index (χ3n) is 2.83. The monoisotopic (exact) mass is 230 g/mol. The molecule has 2 aromatic rings. The Morgan fingerprint density at radius 3 is 2.82 bits per heavy atom. The molecular weight excluding hydrogens is 212 g/mol. The smallest absolute Gasteiger partial charge is 0.138 e. The van der Waals surface area contributed by atoms with E-state index >= 15 is 0 Å². The third kappa shape index (κ3) is 3.14. The minimum absolute atomic E-state index is 0.0831. The van der Waals surface area contributed by atoms with Crippen molar-refractivity contribution in [2.24, 2.45) is 12.8 Å². The lowest BCUT2D eigenvalue weighted by Gasteiger charge is -2.11. The maximum absolute atomic E-state index is 6.13. The first-order valence-corrected chi connectivity index (χ1v) is 5.79. The highest BCUT2D eigenvalue weighted by molar-refractivity contribution is 5.23. The molecule has 1 atom stereocenters. The van der Waals surface area contributed by atoms with Gasteiger partial charge in [0.1, 0.15) is 12.2 Å². The third-order valence-corrected chi connectivity index (χ3v) is 2.83. The Hall–Kier alpha value is -1.68. The molecule has 0 aliphatic heterocycles. The summed E-state index contributed by atoms with van der Waals surface area (Å²) >= 11 is 0. The van der Waals surface area contributed by atoms with E-state index in [9.17, 15) is 0 Å². The molecule has 1 unspecified atom stereocenters. The molecule has 2 N–H and O–H groups in total. The lowest BCUT2D eigenvalue weighted by molar-refractivity contribution is 0.603. The van der Waals surface area contributed by atoms with E-state index in [-0.39, 0.29) is 6.04 Å². The van der Waals surface area contributed by atoms with Gasteiger partial charge in [-0.05, 0) is 18.9 Å². The van der Waals surface area contributed by atoms with E-state index in [1.807, 2.05) is 7.05 Å². The minimum atomic E-state index is 0.0831. The Bertz CT molecular complexity index is 490. The van der Waals surface area contributed by atoms with Gasteiger partial charge >= 0.3 is 0 Å². The summed E-state index contributed by atoms with van der Waals surface area (Å²) < 4.78 is 1.77. The Morgan fingerprint density at radius 2 is 2.18 bits per heavy atom. The van der Waals surface area contributed by atoms with Crippen LogP contribution < -0.4 is 5.73 Å². The van der Waals surface area contributed by atoms with E-state index < -0.39 is 0 Å². The predicted molar refractivity (Wildman–Crippen MR) is 67.6 cm³/mol. The van der Waals surface area contributed by atoms with Crippen molar-refractivity contribution in [2.45, 2.75) is 25.8 Å². The van der Waals surface area contributed by atoms with Gasteiger partial charge in [-0.25, -0.2) is 4.98 Å². The van der Waals surface area contributed by atoms with Gasteiger partial charge in [0.15, 0.2) is 0 Å². The first kappa shape index (κ1) is 11.8. The topological polar surface area (TPSA) is 56.7 Å². The van der Waals surface area contributed by atoms with Crippen molar-refractivity contribution in [1.82, 2.24) is 14.8 Å². The normalized spacial score (nSPS) is 12.6. The number of hydrogen-bond acceptors (Lipinski definition) is 3. The fourth-order valence-electron chi connectivity index (χ4n) is 1.95. The average Bonchev–Trinajstić information content (AvgIpc) is 2.64. The molecule has 1 aromatic heterocycles. The van der Waals surface area contributed by atoms with Crippen LogP contribution >= 0.6 is 0 Å². The van der Waals surface area contributed by atoms with Crippen LogP contribution in [0.25, 0.3) is 0 Å². The van der Waals surface area contributed by atoms with E-state index in [1.54, 1.807) is 11.0 Å². The molecule has 2 rings (SSSR count). The number of nitrogens with two attached hydrogens (primary N) is 1. The zero-order valence-electron chi connectivity index (χ0n) is 10.3. The van der Waals surface area contributed by atoms with E-state index in [1.165, 1.54) is 11.1 Å². The lowest BCUT2D eigenvalue weighted by atomic mass is 10.0. The summed E-state index contributed by atoms with van der Waals surface area (Å²) in [4.78, 5) is 4.19. The van der Waals surface area contributed by atoms with Crippen molar-refractivity contribution in [3.63, 3.8) is 0 Å². The molecule has 1 heterocycles. The van der Waals surface area contributed by atoms with Crippen molar-refractivity contribution < 1.29 is 0 Å². The van der Waals surface area contributed by atoms with Crippen LogP contribution in [0.4, 0.5) is 0 Å². The summed E-state index contributed by atoms with van der Waals surface area (Å²) in [7, 11) is 1.89. The second kappa shape index (κ2) is 5.10. The highest BCUT2D eigenvalue weighted by Crippen LogP contribution is 2.08. The van der Waals surface area contributed by atoms with Crippen molar-refractivity contribution in [3.05, 3.63) is 47.5 Å². The number of nitrogens with zero attached hydrogens (tertiary/aromatic N) is 3. The second-order valence-corrected chi connectivity index (χ2v) is 4.46. The summed E-state index contributed by atoms with van der Waals surface area (Å²) in [5, 5.41) is 4.04. The number of aryl methyl sites for hydroxylation is 2. The Balaban J connectivity index is 1.98. The average molecular weight is 230 g/mol. The largest absolute Gasteiger partial charge is 0.327 e. The molecule has 4 nitrogen and oxygen atoms in total. The molecule has 0 fully saturated rings. The van der Waals surface area contributed by atoms with Gasteiger partial charge in [0.25, 0.3) is 0 Å². The molecule has 17 heavy (non-hydrogen) atoms. The number of aromatic nitrogens is 3. The first-order valence-electron chi connectivity index (χ1n) is 5.79. The Labute approximate surface area is 101 Å². The van der Waals surface area contributed by atoms with E-state index in [4.69, 9.17) is 5.73 Å². The van der Waals surface area contributed by atoms with Crippen LogP contribution in [-0.2, 0) is 19.9 Å². The van der Waals surface area contributed by atoms with Crippen LogP contribution in [0, 0.1) is 6.92 Å². The van der Waals surface area contributed by atoms with Crippen LogP contribution in [0.1, 0.15) is 17.0 Å². The Morgan fingerprint density at radius 1 is 1.35 bits per heavy atom. The maximum atomic E-state index is 6.13. The number of rotatable bonds is 4. The predicted octanol–water partition coefficient (Wildman–Crippen LogP) is 1.24. The molecule has 0 radical (unpaired) electrons. The van der Waals surface area contributed by atoms with E-state index in [0.29, 0.717) is 0 Å². The number of benzene rings is 1. The van der Waals surface area contributed by atoms with Crippen molar-refractivity contribution in [1.29, 1.82) is 0 Å². The highest BCUT2D eigenvalue weighted by atomic mass is 15.3. The van der Waals surface area contributed by atoms with Gasteiger partial charge in [-0.3, -0.25) is 4.68 Å². The Kier molecular flexibility index (Phi) is 3.54. The summed E-state index contributed by atoms with van der Waals surface area (Å²) in [6.07, 6.45) is 3.19. The van der Waals surface area contributed by atoms with Gasteiger partial charge in [0.2, 0.25) is 0 Å². The van der Waals surface area contributed by atoms with Gasteiger partial charge in [-0.1, -0.05) is 29.8 Å². The molecule has 90 valence electrons. The van der Waals surface area contributed by atoms with Crippen molar-refractivity contribution >= 4 is 0 Å². The summed E-state index contributed by atoms with van der Waals surface area (Å²) in [5.41, 5.74) is 8.68. The molecule has 0 saturated carbocycles. The molecule has 0 spiro atoms. The molecule has 1 aromatic carbocycles. The van der Waals surface area contributed by atoms with E-state index in [0.717, 1.165) is 18.7 Å². The van der Waals surface area contributed by atoms with Crippen LogP contribution in [-0.4, -0.2) is 20.8 Å².